The fraction of sp³-hybridized carbons (Fsp3) is 0.929. The highest BCUT2D eigenvalue weighted by molar-refractivity contribution is 5.77. The number of hydrogen-bond donors (Lipinski definition) is 1. The number of ether oxygens (including phenoxy) is 1. The van der Waals surface area contributed by atoms with E-state index in [1.165, 1.54) is 96.3 Å². The van der Waals surface area contributed by atoms with Crippen LogP contribution < -0.4 is 0 Å². The molecule has 1 N–H and O–H groups in total. The second-order valence-corrected chi connectivity index (χ2v) is 9.57. The first kappa shape index (κ1) is 30.9. The molecule has 0 rings (SSSR count). The van der Waals surface area contributed by atoms with E-state index in [0.29, 0.717) is 12.8 Å². The first-order valence-electron chi connectivity index (χ1n) is 14.0. The Kier molecular flexibility index (Phi) is 23.8. The molecule has 0 saturated carbocycles. The summed E-state index contributed by atoms with van der Waals surface area (Å²) in [6, 6.07) is 0. The highest BCUT2D eigenvalue weighted by Crippen LogP contribution is 2.15. The van der Waals surface area contributed by atoms with Crippen molar-refractivity contribution >= 4 is 11.9 Å². The van der Waals surface area contributed by atoms with Gasteiger partial charge in [0.05, 0.1) is 0 Å². The molecule has 190 valence electrons. The summed E-state index contributed by atoms with van der Waals surface area (Å²) in [4.78, 5) is 23.4. The van der Waals surface area contributed by atoms with Crippen LogP contribution in [0, 0.1) is 0 Å². The van der Waals surface area contributed by atoms with Crippen LogP contribution in [0.1, 0.15) is 162 Å². The van der Waals surface area contributed by atoms with Gasteiger partial charge in [0.15, 0.2) is 6.10 Å². The maximum atomic E-state index is 12.0. The van der Waals surface area contributed by atoms with E-state index in [4.69, 9.17) is 4.74 Å². The lowest BCUT2D eigenvalue weighted by molar-refractivity contribution is -0.164. The molecule has 0 aliphatic carbocycles. The van der Waals surface area contributed by atoms with Crippen molar-refractivity contribution in [3.05, 3.63) is 0 Å². The Balaban J connectivity index is 3.61. The number of esters is 1. The molecule has 0 aromatic carbocycles. The number of carboxylic acids is 1. The first-order chi connectivity index (χ1) is 15.6. The van der Waals surface area contributed by atoms with Gasteiger partial charge in [-0.25, -0.2) is 4.79 Å². The number of hydrogen-bond acceptors (Lipinski definition) is 3. The smallest absolute Gasteiger partial charge is 0.345 e. The predicted molar refractivity (Wildman–Crippen MR) is 135 cm³/mol. The van der Waals surface area contributed by atoms with Crippen LogP contribution in [-0.4, -0.2) is 23.1 Å². The van der Waals surface area contributed by atoms with Gasteiger partial charge < -0.3 is 9.84 Å². The van der Waals surface area contributed by atoms with Crippen molar-refractivity contribution in [2.45, 2.75) is 168 Å². The minimum Gasteiger partial charge on any atom is -0.479 e. The Hall–Kier alpha value is -1.06. The van der Waals surface area contributed by atoms with E-state index in [9.17, 15) is 14.7 Å². The van der Waals surface area contributed by atoms with Gasteiger partial charge in [0.1, 0.15) is 0 Å². The van der Waals surface area contributed by atoms with Crippen molar-refractivity contribution in [3.63, 3.8) is 0 Å². The van der Waals surface area contributed by atoms with E-state index < -0.39 is 12.1 Å². The number of aliphatic carboxylic acids is 1. The van der Waals surface area contributed by atoms with Gasteiger partial charge in [-0.15, -0.1) is 0 Å². The van der Waals surface area contributed by atoms with Crippen LogP contribution >= 0.6 is 0 Å². The Bertz CT molecular complexity index is 422. The molecule has 0 saturated heterocycles. The second kappa shape index (κ2) is 24.6. The molecule has 0 aromatic heterocycles. The summed E-state index contributed by atoms with van der Waals surface area (Å²) in [5.41, 5.74) is 0. The highest BCUT2D eigenvalue weighted by Gasteiger charge is 2.21. The van der Waals surface area contributed by atoms with Gasteiger partial charge in [-0.05, 0) is 19.3 Å². The molecule has 0 aliphatic heterocycles. The van der Waals surface area contributed by atoms with E-state index in [1.807, 2.05) is 0 Å². The van der Waals surface area contributed by atoms with Crippen LogP contribution in [0.5, 0.6) is 0 Å². The maximum absolute atomic E-state index is 12.0. The van der Waals surface area contributed by atoms with Crippen molar-refractivity contribution in [2.24, 2.45) is 0 Å². The van der Waals surface area contributed by atoms with Crippen LogP contribution in [0.25, 0.3) is 0 Å². The van der Waals surface area contributed by atoms with Crippen LogP contribution in [0.4, 0.5) is 0 Å². The monoisotopic (exact) mass is 454 g/mol. The zero-order chi connectivity index (χ0) is 23.7. The molecule has 0 aromatic rings. The van der Waals surface area contributed by atoms with Crippen LogP contribution in [-0.2, 0) is 14.3 Å². The molecule has 0 heterocycles. The fourth-order valence-electron chi connectivity index (χ4n) is 4.20. The standard InChI is InChI=1S/C28H54O4/c1-3-5-7-9-11-13-15-16-18-20-22-24-26(28(30)31)32-27(29)25-23-21-19-17-14-12-10-8-6-4-2/h26H,3-25H2,1-2H3,(H,30,31). The summed E-state index contributed by atoms with van der Waals surface area (Å²) in [7, 11) is 0. The van der Waals surface area contributed by atoms with Gasteiger partial charge in [0.25, 0.3) is 0 Å². The van der Waals surface area contributed by atoms with E-state index in [0.717, 1.165) is 38.5 Å². The van der Waals surface area contributed by atoms with E-state index in [-0.39, 0.29) is 5.97 Å². The summed E-state index contributed by atoms with van der Waals surface area (Å²) >= 11 is 0. The second-order valence-electron chi connectivity index (χ2n) is 9.57. The Morgan fingerprint density at radius 2 is 0.906 bits per heavy atom. The van der Waals surface area contributed by atoms with Crippen molar-refractivity contribution < 1.29 is 19.4 Å². The summed E-state index contributed by atoms with van der Waals surface area (Å²) in [5.74, 6) is -1.35. The topological polar surface area (TPSA) is 63.6 Å². The van der Waals surface area contributed by atoms with Gasteiger partial charge in [0.2, 0.25) is 0 Å². The molecular formula is C28H54O4. The molecule has 0 bridgehead atoms. The molecule has 0 amide bonds. The third-order valence-electron chi connectivity index (χ3n) is 6.35. The molecule has 4 heteroatoms. The molecule has 4 nitrogen and oxygen atoms in total. The Labute approximate surface area is 199 Å². The first-order valence-corrected chi connectivity index (χ1v) is 14.0. The average molecular weight is 455 g/mol. The normalized spacial score (nSPS) is 12.1. The molecule has 0 radical (unpaired) electrons. The van der Waals surface area contributed by atoms with Gasteiger partial charge in [-0.3, -0.25) is 4.79 Å². The van der Waals surface area contributed by atoms with Crippen molar-refractivity contribution in [2.75, 3.05) is 0 Å². The average Bonchev–Trinajstić information content (AvgIpc) is 2.77. The zero-order valence-corrected chi connectivity index (χ0v) is 21.5. The number of carbonyl (C=O) groups is 2. The van der Waals surface area contributed by atoms with Crippen molar-refractivity contribution in [3.8, 4) is 0 Å². The van der Waals surface area contributed by atoms with E-state index in [2.05, 4.69) is 13.8 Å². The van der Waals surface area contributed by atoms with Crippen molar-refractivity contribution in [1.29, 1.82) is 0 Å². The van der Waals surface area contributed by atoms with Crippen molar-refractivity contribution in [1.82, 2.24) is 0 Å². The maximum Gasteiger partial charge on any atom is 0.345 e. The third kappa shape index (κ3) is 22.1. The quantitative estimate of drug-likeness (QED) is 0.110. The largest absolute Gasteiger partial charge is 0.479 e. The number of rotatable bonds is 25. The molecule has 1 atom stereocenters. The molecule has 0 spiro atoms. The van der Waals surface area contributed by atoms with Crippen LogP contribution in [0.3, 0.4) is 0 Å². The molecule has 0 aliphatic rings. The molecule has 32 heavy (non-hydrogen) atoms. The minimum absolute atomic E-state index is 0.346. The Morgan fingerprint density at radius 3 is 1.28 bits per heavy atom. The number of carboxylic acid groups (broad SMARTS) is 1. The zero-order valence-electron chi connectivity index (χ0n) is 21.5. The molecule has 1 unspecified atom stereocenters. The van der Waals surface area contributed by atoms with Crippen LogP contribution in [0.2, 0.25) is 0 Å². The van der Waals surface area contributed by atoms with E-state index >= 15 is 0 Å². The third-order valence-corrected chi connectivity index (χ3v) is 6.35. The predicted octanol–water partition coefficient (Wildman–Crippen LogP) is 8.99. The lowest BCUT2D eigenvalue weighted by Gasteiger charge is -2.13. The van der Waals surface area contributed by atoms with E-state index in [1.54, 1.807) is 0 Å². The summed E-state index contributed by atoms with van der Waals surface area (Å²) in [6.45, 7) is 4.48. The van der Waals surface area contributed by atoms with Gasteiger partial charge in [-0.2, -0.15) is 0 Å². The Morgan fingerprint density at radius 1 is 0.562 bits per heavy atom. The lowest BCUT2D eigenvalue weighted by atomic mass is 10.0. The summed E-state index contributed by atoms with van der Waals surface area (Å²) in [6.07, 6.45) is 25.5. The molecular weight excluding hydrogens is 400 g/mol. The molecule has 0 fully saturated rings. The summed E-state index contributed by atoms with van der Waals surface area (Å²) in [5, 5.41) is 9.35. The minimum atomic E-state index is -1.01. The highest BCUT2D eigenvalue weighted by atomic mass is 16.6. The van der Waals surface area contributed by atoms with Crippen LogP contribution in [0.15, 0.2) is 0 Å². The van der Waals surface area contributed by atoms with Gasteiger partial charge in [-0.1, -0.05) is 136 Å². The summed E-state index contributed by atoms with van der Waals surface area (Å²) < 4.78 is 5.25. The van der Waals surface area contributed by atoms with Gasteiger partial charge >= 0.3 is 11.9 Å². The SMILES string of the molecule is CCCCCCCCCCCCCC(OC(=O)CCCCCCCCCCCC)C(=O)O. The van der Waals surface area contributed by atoms with Gasteiger partial charge in [0, 0.05) is 6.42 Å². The fourth-order valence-corrected chi connectivity index (χ4v) is 4.20. The number of unbranched alkanes of at least 4 members (excludes halogenated alkanes) is 19. The number of carbonyl (C=O) groups excluding carboxylic acids is 1. The lowest BCUT2D eigenvalue weighted by Crippen LogP contribution is -2.27.